The number of nitrogens with one attached hydrogen (secondary N) is 1. The number of aromatic nitrogens is 2. The van der Waals surface area contributed by atoms with Gasteiger partial charge in [0.2, 0.25) is 0 Å². The molecule has 1 heterocycles. The molecule has 0 aliphatic heterocycles. The lowest BCUT2D eigenvalue weighted by Gasteiger charge is -2.09. The van der Waals surface area contributed by atoms with Gasteiger partial charge in [0.25, 0.3) is 0 Å². The molecule has 1 rings (SSSR count). The second kappa shape index (κ2) is 7.38. The van der Waals surface area contributed by atoms with E-state index >= 15 is 0 Å². The van der Waals surface area contributed by atoms with Crippen molar-refractivity contribution < 1.29 is 9.84 Å². The fourth-order valence-corrected chi connectivity index (χ4v) is 1.43. The first-order valence-corrected chi connectivity index (χ1v) is 5.68. The number of hydrogen-bond acceptors (Lipinski definition) is 4. The van der Waals surface area contributed by atoms with Gasteiger partial charge in [-0.25, -0.2) is 0 Å². The van der Waals surface area contributed by atoms with Crippen LogP contribution in [0.1, 0.15) is 25.0 Å². The number of methoxy groups -OCH3 is 1. The summed E-state index contributed by atoms with van der Waals surface area (Å²) in [6, 6.07) is 0. The first kappa shape index (κ1) is 13.2. The molecule has 0 radical (unpaired) electrons. The quantitative estimate of drug-likeness (QED) is 0.637. The van der Waals surface area contributed by atoms with Crippen LogP contribution in [0.4, 0.5) is 0 Å². The third-order valence-electron chi connectivity index (χ3n) is 2.31. The summed E-state index contributed by atoms with van der Waals surface area (Å²) in [5.41, 5.74) is 0.860. The molecule has 1 aromatic rings. The highest BCUT2D eigenvalue weighted by Gasteiger charge is 2.09. The van der Waals surface area contributed by atoms with Crippen molar-refractivity contribution in [1.82, 2.24) is 15.1 Å². The van der Waals surface area contributed by atoms with Crippen molar-refractivity contribution in [3.63, 3.8) is 0 Å². The van der Waals surface area contributed by atoms with Crippen molar-refractivity contribution >= 4 is 0 Å². The molecule has 0 aromatic carbocycles. The number of rotatable bonds is 8. The Kier molecular flexibility index (Phi) is 6.07. The molecule has 0 saturated heterocycles. The number of ether oxygens (including phenoxy) is 1. The lowest BCUT2D eigenvalue weighted by Crippen LogP contribution is -2.24. The third-order valence-corrected chi connectivity index (χ3v) is 2.31. The maximum absolute atomic E-state index is 9.84. The summed E-state index contributed by atoms with van der Waals surface area (Å²) >= 11 is 0. The summed E-state index contributed by atoms with van der Waals surface area (Å²) < 4.78 is 6.76. The summed E-state index contributed by atoms with van der Waals surface area (Å²) in [6.45, 7) is 4.92. The van der Waals surface area contributed by atoms with Crippen LogP contribution in [0, 0.1) is 0 Å². The van der Waals surface area contributed by atoms with Gasteiger partial charge in [-0.1, -0.05) is 6.92 Å². The van der Waals surface area contributed by atoms with Crippen molar-refractivity contribution in [2.45, 2.75) is 26.0 Å². The zero-order chi connectivity index (χ0) is 11.8. The van der Waals surface area contributed by atoms with E-state index in [4.69, 9.17) is 4.74 Å². The smallest absolute Gasteiger partial charge is 0.0944 e. The molecule has 92 valence electrons. The second-order valence-corrected chi connectivity index (χ2v) is 3.75. The van der Waals surface area contributed by atoms with Gasteiger partial charge >= 0.3 is 0 Å². The van der Waals surface area contributed by atoms with E-state index in [0.717, 1.165) is 25.1 Å². The Morgan fingerprint density at radius 2 is 2.44 bits per heavy atom. The Hall–Kier alpha value is -0.910. The fourth-order valence-electron chi connectivity index (χ4n) is 1.43. The maximum Gasteiger partial charge on any atom is 0.0944 e. The molecule has 0 fully saturated rings. The van der Waals surface area contributed by atoms with Crippen LogP contribution in [0.3, 0.4) is 0 Å². The van der Waals surface area contributed by atoms with Crippen molar-refractivity contribution in [3.05, 3.63) is 18.0 Å². The molecular formula is C11H21N3O2. The second-order valence-electron chi connectivity index (χ2n) is 3.75. The van der Waals surface area contributed by atoms with Crippen LogP contribution >= 0.6 is 0 Å². The van der Waals surface area contributed by atoms with E-state index < -0.39 is 6.10 Å². The van der Waals surface area contributed by atoms with E-state index in [0.29, 0.717) is 13.2 Å². The summed E-state index contributed by atoms with van der Waals surface area (Å²) in [5, 5.41) is 17.1. The van der Waals surface area contributed by atoms with Gasteiger partial charge < -0.3 is 15.2 Å². The molecule has 16 heavy (non-hydrogen) atoms. The minimum absolute atomic E-state index is 0.498. The Bertz CT molecular complexity index is 289. The number of nitrogens with zero attached hydrogens (tertiary/aromatic N) is 2. The van der Waals surface area contributed by atoms with E-state index in [1.54, 1.807) is 13.3 Å². The van der Waals surface area contributed by atoms with Gasteiger partial charge in [0, 0.05) is 38.5 Å². The van der Waals surface area contributed by atoms with Gasteiger partial charge in [0.1, 0.15) is 0 Å². The van der Waals surface area contributed by atoms with Crippen LogP contribution in [0.15, 0.2) is 12.4 Å². The molecule has 1 atom stereocenters. The van der Waals surface area contributed by atoms with Crippen LogP contribution in [-0.4, -0.2) is 41.7 Å². The molecule has 1 aromatic heterocycles. The first-order chi connectivity index (χ1) is 7.77. The zero-order valence-electron chi connectivity index (χ0n) is 10.0. The van der Waals surface area contributed by atoms with E-state index in [2.05, 4.69) is 17.3 Å². The molecule has 5 nitrogen and oxygen atoms in total. The maximum atomic E-state index is 9.84. The average molecular weight is 227 g/mol. The molecule has 5 heteroatoms. The minimum atomic E-state index is -0.498. The molecule has 0 amide bonds. The predicted octanol–water partition coefficient (Wildman–Crippen LogP) is 0.562. The first-order valence-electron chi connectivity index (χ1n) is 5.68. The Labute approximate surface area is 96.4 Å². The number of aliphatic hydroxyl groups excluding tert-OH is 1. The van der Waals surface area contributed by atoms with Gasteiger partial charge in [-0.3, -0.25) is 4.68 Å². The highest BCUT2D eigenvalue weighted by molar-refractivity contribution is 5.08. The Morgan fingerprint density at radius 3 is 3.12 bits per heavy atom. The molecule has 0 spiro atoms. The van der Waals surface area contributed by atoms with Crippen molar-refractivity contribution in [1.29, 1.82) is 0 Å². The van der Waals surface area contributed by atoms with Gasteiger partial charge in [-0.2, -0.15) is 5.10 Å². The molecule has 0 aliphatic rings. The molecule has 0 saturated carbocycles. The van der Waals surface area contributed by atoms with Gasteiger partial charge in [-0.15, -0.1) is 0 Å². The van der Waals surface area contributed by atoms with E-state index in [1.165, 1.54) is 0 Å². The van der Waals surface area contributed by atoms with Gasteiger partial charge in [-0.05, 0) is 6.42 Å². The lowest BCUT2D eigenvalue weighted by molar-refractivity contribution is 0.161. The van der Waals surface area contributed by atoms with E-state index in [9.17, 15) is 5.11 Å². The molecular weight excluding hydrogens is 206 g/mol. The SMILES string of the molecule is CCCn1cc(C(O)CNCCOC)cn1. The monoisotopic (exact) mass is 227 g/mol. The number of aryl methyl sites for hydroxylation is 1. The fraction of sp³-hybridized carbons (Fsp3) is 0.727. The summed E-state index contributed by atoms with van der Waals surface area (Å²) in [6.07, 6.45) is 4.16. The molecule has 0 aliphatic carbocycles. The Morgan fingerprint density at radius 1 is 1.62 bits per heavy atom. The van der Waals surface area contributed by atoms with Crippen LogP contribution in [0.2, 0.25) is 0 Å². The lowest BCUT2D eigenvalue weighted by atomic mass is 10.2. The standard InChI is InChI=1S/C11H21N3O2/c1-3-5-14-9-10(7-13-14)11(15)8-12-4-6-16-2/h7,9,11-12,15H,3-6,8H2,1-2H3. The largest absolute Gasteiger partial charge is 0.387 e. The van der Waals surface area contributed by atoms with Crippen LogP contribution in [0.25, 0.3) is 0 Å². The minimum Gasteiger partial charge on any atom is -0.387 e. The topological polar surface area (TPSA) is 59.3 Å². The van der Waals surface area contributed by atoms with Crippen LogP contribution < -0.4 is 5.32 Å². The van der Waals surface area contributed by atoms with Crippen LogP contribution in [-0.2, 0) is 11.3 Å². The molecule has 1 unspecified atom stereocenters. The normalized spacial score (nSPS) is 12.9. The van der Waals surface area contributed by atoms with Gasteiger partial charge in [0.15, 0.2) is 0 Å². The van der Waals surface area contributed by atoms with Crippen molar-refractivity contribution in [2.75, 3.05) is 26.8 Å². The average Bonchev–Trinajstić information content (AvgIpc) is 2.73. The van der Waals surface area contributed by atoms with E-state index in [-0.39, 0.29) is 0 Å². The molecule has 0 bridgehead atoms. The number of aliphatic hydroxyl groups is 1. The summed E-state index contributed by atoms with van der Waals surface area (Å²) in [5.74, 6) is 0. The number of hydrogen-bond donors (Lipinski definition) is 2. The third kappa shape index (κ3) is 4.30. The van der Waals surface area contributed by atoms with Crippen molar-refractivity contribution in [2.24, 2.45) is 0 Å². The Balaban J connectivity index is 2.31. The van der Waals surface area contributed by atoms with Crippen molar-refractivity contribution in [3.8, 4) is 0 Å². The highest BCUT2D eigenvalue weighted by atomic mass is 16.5. The van der Waals surface area contributed by atoms with E-state index in [1.807, 2.05) is 10.9 Å². The summed E-state index contributed by atoms with van der Waals surface area (Å²) in [7, 11) is 1.66. The molecule has 2 N–H and O–H groups in total. The summed E-state index contributed by atoms with van der Waals surface area (Å²) in [4.78, 5) is 0. The zero-order valence-corrected chi connectivity index (χ0v) is 10.0. The highest BCUT2D eigenvalue weighted by Crippen LogP contribution is 2.10. The van der Waals surface area contributed by atoms with Gasteiger partial charge in [0.05, 0.1) is 18.9 Å². The van der Waals surface area contributed by atoms with Crippen LogP contribution in [0.5, 0.6) is 0 Å². The predicted molar refractivity (Wildman–Crippen MR) is 62.2 cm³/mol.